The molecule has 0 bridgehead atoms. The third kappa shape index (κ3) is 11.1. The first-order valence-electron chi connectivity index (χ1n) is 7.53. The second kappa shape index (κ2) is 9.60. The molecule has 0 aliphatic rings. The number of carbonyl (C=O) groups is 2. The number of aliphatic hydroxyl groups is 1. The van der Waals surface area contributed by atoms with Crippen LogP contribution in [-0.4, -0.2) is 41.9 Å². The van der Waals surface area contributed by atoms with E-state index >= 15 is 0 Å². The number of hydrogen-bond acceptors (Lipinski definition) is 4. The fourth-order valence-corrected chi connectivity index (χ4v) is 1.72. The second-order valence-electron chi connectivity index (χ2n) is 6.55. The fraction of sp³-hybridized carbons (Fsp3) is 0.867. The summed E-state index contributed by atoms with van der Waals surface area (Å²) in [5, 5.41) is 14.1. The van der Waals surface area contributed by atoms with Gasteiger partial charge in [0.1, 0.15) is 11.6 Å². The van der Waals surface area contributed by atoms with Gasteiger partial charge in [-0.05, 0) is 46.0 Å². The van der Waals surface area contributed by atoms with E-state index in [1.54, 1.807) is 20.8 Å². The van der Waals surface area contributed by atoms with Crippen LogP contribution in [0.15, 0.2) is 0 Å². The molecule has 0 unspecified atom stereocenters. The monoisotopic (exact) mass is 302 g/mol. The van der Waals surface area contributed by atoms with Crippen LogP contribution in [-0.2, 0) is 9.53 Å². The van der Waals surface area contributed by atoms with Crippen molar-refractivity contribution in [3.63, 3.8) is 0 Å². The number of hydrogen-bond donors (Lipinski definition) is 3. The first kappa shape index (κ1) is 19.7. The molecule has 1 atom stereocenters. The van der Waals surface area contributed by atoms with E-state index < -0.39 is 17.7 Å². The van der Waals surface area contributed by atoms with Gasteiger partial charge < -0.3 is 20.5 Å². The van der Waals surface area contributed by atoms with E-state index in [2.05, 4.69) is 10.6 Å². The Balaban J connectivity index is 4.43. The fourth-order valence-electron chi connectivity index (χ4n) is 1.72. The van der Waals surface area contributed by atoms with E-state index in [0.717, 1.165) is 0 Å². The number of unbranched alkanes of at least 4 members (excludes halogenated alkanes) is 1. The SMILES string of the molecule is CC(C)C[C@H](NC(=O)OC(C)(C)C)C(=O)NCCCCO. The lowest BCUT2D eigenvalue weighted by atomic mass is 10.0. The average molecular weight is 302 g/mol. The first-order valence-corrected chi connectivity index (χ1v) is 7.53. The zero-order valence-corrected chi connectivity index (χ0v) is 13.9. The predicted octanol–water partition coefficient (Wildman–Crippen LogP) is 1.81. The number of carbonyl (C=O) groups excluding carboxylic acids is 2. The Morgan fingerprint density at radius 3 is 2.29 bits per heavy atom. The molecule has 0 spiro atoms. The number of aliphatic hydroxyl groups excluding tert-OH is 1. The molecule has 21 heavy (non-hydrogen) atoms. The molecule has 2 amide bonds. The van der Waals surface area contributed by atoms with Crippen molar-refractivity contribution in [1.29, 1.82) is 0 Å². The lowest BCUT2D eigenvalue weighted by Gasteiger charge is -2.24. The van der Waals surface area contributed by atoms with Gasteiger partial charge in [0.15, 0.2) is 0 Å². The first-order chi connectivity index (χ1) is 9.65. The molecule has 0 aliphatic carbocycles. The Kier molecular flexibility index (Phi) is 9.01. The Morgan fingerprint density at radius 2 is 1.81 bits per heavy atom. The third-order valence-electron chi connectivity index (χ3n) is 2.60. The van der Waals surface area contributed by atoms with E-state index in [1.165, 1.54) is 0 Å². The standard InChI is InChI=1S/C15H30N2O4/c1-11(2)10-12(13(19)16-8-6-7-9-18)17-14(20)21-15(3,4)5/h11-12,18H,6-10H2,1-5H3,(H,16,19)(H,17,20)/t12-/m0/s1. The zero-order valence-electron chi connectivity index (χ0n) is 13.9. The summed E-state index contributed by atoms with van der Waals surface area (Å²) in [6.45, 7) is 9.91. The van der Waals surface area contributed by atoms with Crippen LogP contribution in [0, 0.1) is 5.92 Å². The van der Waals surface area contributed by atoms with Crippen molar-refractivity contribution in [2.24, 2.45) is 5.92 Å². The summed E-state index contributed by atoms with van der Waals surface area (Å²) in [5.41, 5.74) is -0.593. The van der Waals surface area contributed by atoms with Crippen molar-refractivity contribution >= 4 is 12.0 Å². The molecule has 6 nitrogen and oxygen atoms in total. The van der Waals surface area contributed by atoms with Crippen LogP contribution < -0.4 is 10.6 Å². The van der Waals surface area contributed by atoms with Gasteiger partial charge in [-0.15, -0.1) is 0 Å². The minimum Gasteiger partial charge on any atom is -0.444 e. The van der Waals surface area contributed by atoms with Crippen LogP contribution in [0.25, 0.3) is 0 Å². The number of rotatable bonds is 8. The Bertz CT molecular complexity index is 324. The number of alkyl carbamates (subject to hydrolysis) is 1. The maximum Gasteiger partial charge on any atom is 0.408 e. The summed E-state index contributed by atoms with van der Waals surface area (Å²) in [4.78, 5) is 23.9. The minimum atomic E-state index is -0.603. The molecule has 0 rings (SSSR count). The molecule has 0 aromatic carbocycles. The third-order valence-corrected chi connectivity index (χ3v) is 2.60. The average Bonchev–Trinajstić information content (AvgIpc) is 2.30. The Hall–Kier alpha value is -1.30. The molecule has 0 radical (unpaired) electrons. The summed E-state index contributed by atoms with van der Waals surface area (Å²) in [5.74, 6) is 0.0561. The highest BCUT2D eigenvalue weighted by molar-refractivity contribution is 5.85. The summed E-state index contributed by atoms with van der Waals surface area (Å²) in [6, 6.07) is -0.603. The van der Waals surface area contributed by atoms with Crippen molar-refractivity contribution in [1.82, 2.24) is 10.6 Å². The Labute approximate surface area is 127 Å². The highest BCUT2D eigenvalue weighted by Crippen LogP contribution is 2.09. The van der Waals surface area contributed by atoms with Crippen LogP contribution in [0.1, 0.15) is 53.9 Å². The van der Waals surface area contributed by atoms with Gasteiger partial charge in [-0.25, -0.2) is 4.79 Å². The number of amides is 2. The van der Waals surface area contributed by atoms with Crippen molar-refractivity contribution in [2.75, 3.05) is 13.2 Å². The molecular weight excluding hydrogens is 272 g/mol. The van der Waals surface area contributed by atoms with E-state index in [1.807, 2.05) is 13.8 Å². The zero-order chi connectivity index (χ0) is 16.5. The van der Waals surface area contributed by atoms with Crippen molar-refractivity contribution in [3.05, 3.63) is 0 Å². The highest BCUT2D eigenvalue weighted by Gasteiger charge is 2.24. The lowest BCUT2D eigenvalue weighted by molar-refractivity contribution is -0.123. The van der Waals surface area contributed by atoms with Crippen LogP contribution in [0.3, 0.4) is 0 Å². The van der Waals surface area contributed by atoms with Crippen molar-refractivity contribution in [2.45, 2.75) is 65.5 Å². The Morgan fingerprint density at radius 1 is 1.19 bits per heavy atom. The second-order valence-corrected chi connectivity index (χ2v) is 6.55. The molecule has 0 aliphatic heterocycles. The summed E-state index contributed by atoms with van der Waals surface area (Å²) >= 11 is 0. The molecule has 124 valence electrons. The lowest BCUT2D eigenvalue weighted by Crippen LogP contribution is -2.49. The summed E-state index contributed by atoms with van der Waals surface area (Å²) in [7, 11) is 0. The molecule has 0 saturated heterocycles. The quantitative estimate of drug-likeness (QED) is 0.597. The molecule has 0 heterocycles. The summed E-state index contributed by atoms with van der Waals surface area (Å²) in [6.07, 6.45) is 1.32. The van der Waals surface area contributed by atoms with E-state index in [0.29, 0.717) is 25.8 Å². The topological polar surface area (TPSA) is 87.7 Å². The van der Waals surface area contributed by atoms with Crippen molar-refractivity contribution in [3.8, 4) is 0 Å². The van der Waals surface area contributed by atoms with Gasteiger partial charge in [0.2, 0.25) is 5.91 Å². The molecule has 3 N–H and O–H groups in total. The molecule has 0 aromatic rings. The minimum absolute atomic E-state index is 0.113. The van der Waals surface area contributed by atoms with Crippen LogP contribution >= 0.6 is 0 Å². The van der Waals surface area contributed by atoms with Crippen LogP contribution in [0.4, 0.5) is 4.79 Å². The van der Waals surface area contributed by atoms with Gasteiger partial charge in [-0.3, -0.25) is 4.79 Å². The van der Waals surface area contributed by atoms with Crippen molar-refractivity contribution < 1.29 is 19.4 Å². The van der Waals surface area contributed by atoms with E-state index in [-0.39, 0.29) is 18.4 Å². The molecular formula is C15H30N2O4. The van der Waals surface area contributed by atoms with E-state index in [4.69, 9.17) is 9.84 Å². The maximum absolute atomic E-state index is 12.1. The smallest absolute Gasteiger partial charge is 0.408 e. The van der Waals surface area contributed by atoms with Gasteiger partial charge in [0.05, 0.1) is 0 Å². The van der Waals surface area contributed by atoms with E-state index in [9.17, 15) is 9.59 Å². The van der Waals surface area contributed by atoms with Crippen LogP contribution in [0.5, 0.6) is 0 Å². The van der Waals surface area contributed by atoms with Gasteiger partial charge in [0.25, 0.3) is 0 Å². The van der Waals surface area contributed by atoms with Gasteiger partial charge in [-0.2, -0.15) is 0 Å². The molecule has 6 heteroatoms. The predicted molar refractivity (Wildman–Crippen MR) is 81.9 cm³/mol. The number of nitrogens with one attached hydrogen (secondary N) is 2. The maximum atomic E-state index is 12.1. The molecule has 0 saturated carbocycles. The highest BCUT2D eigenvalue weighted by atomic mass is 16.6. The van der Waals surface area contributed by atoms with Crippen LogP contribution in [0.2, 0.25) is 0 Å². The molecule has 0 aromatic heterocycles. The molecule has 0 fully saturated rings. The van der Waals surface area contributed by atoms with Gasteiger partial charge in [-0.1, -0.05) is 13.8 Å². The number of ether oxygens (including phenoxy) is 1. The van der Waals surface area contributed by atoms with Gasteiger partial charge >= 0.3 is 6.09 Å². The normalized spacial score (nSPS) is 12.9. The summed E-state index contributed by atoms with van der Waals surface area (Å²) < 4.78 is 5.18. The largest absolute Gasteiger partial charge is 0.444 e. The van der Waals surface area contributed by atoms with Gasteiger partial charge in [0, 0.05) is 13.2 Å².